The van der Waals surface area contributed by atoms with E-state index >= 15 is 0 Å². The molecule has 0 aliphatic carbocycles. The average molecular weight is 258 g/mol. The zero-order valence-corrected chi connectivity index (χ0v) is 10.1. The largest absolute Gasteiger partial charge is 0.487 e. The molecule has 0 spiro atoms. The second-order valence-electron chi connectivity index (χ2n) is 3.65. The maximum Gasteiger partial charge on any atom is 0.311 e. The summed E-state index contributed by atoms with van der Waals surface area (Å²) < 4.78 is 10.4. The Morgan fingerprint density at radius 3 is 2.79 bits per heavy atom. The van der Waals surface area contributed by atoms with Crippen LogP contribution in [0.4, 0.5) is 5.69 Å². The summed E-state index contributed by atoms with van der Waals surface area (Å²) in [7, 11) is 0. The highest BCUT2D eigenvalue weighted by Gasteiger charge is 2.17. The molecule has 0 N–H and O–H groups in total. The summed E-state index contributed by atoms with van der Waals surface area (Å²) in [5.74, 6) is 0.776. The molecule has 0 saturated carbocycles. The van der Waals surface area contributed by atoms with Gasteiger partial charge in [0.1, 0.15) is 11.8 Å². The van der Waals surface area contributed by atoms with Gasteiger partial charge in [-0.3, -0.25) is 10.1 Å². The molecule has 1 aromatic heterocycles. The van der Waals surface area contributed by atoms with E-state index in [1.165, 1.54) is 18.2 Å². The third-order valence-corrected chi connectivity index (χ3v) is 2.46. The molecule has 0 bridgehead atoms. The first-order valence-electron chi connectivity index (χ1n) is 5.57. The van der Waals surface area contributed by atoms with Gasteiger partial charge < -0.3 is 9.15 Å². The van der Waals surface area contributed by atoms with Crippen molar-refractivity contribution in [2.75, 3.05) is 6.61 Å². The Labute approximate surface area is 109 Å². The quantitative estimate of drug-likeness (QED) is 0.620. The van der Waals surface area contributed by atoms with E-state index in [0.29, 0.717) is 17.9 Å². The molecule has 1 aromatic carbocycles. The summed E-state index contributed by atoms with van der Waals surface area (Å²) in [5.41, 5.74) is 0.394. The molecular formula is C13H10N2O4. The highest BCUT2D eigenvalue weighted by atomic mass is 16.6. The number of hydrogen-bond acceptors (Lipinski definition) is 5. The van der Waals surface area contributed by atoms with E-state index in [1.54, 1.807) is 19.1 Å². The third-order valence-electron chi connectivity index (χ3n) is 2.46. The van der Waals surface area contributed by atoms with E-state index < -0.39 is 4.92 Å². The topological polar surface area (TPSA) is 89.3 Å². The summed E-state index contributed by atoms with van der Waals surface area (Å²) in [6.45, 7) is 2.10. The van der Waals surface area contributed by atoms with E-state index in [-0.39, 0.29) is 17.2 Å². The summed E-state index contributed by atoms with van der Waals surface area (Å²) in [6, 6.07) is 9.50. The Morgan fingerprint density at radius 2 is 2.21 bits per heavy atom. The van der Waals surface area contributed by atoms with Crippen LogP contribution in [0, 0.1) is 21.4 Å². The number of nitrogens with zero attached hydrogens (tertiary/aromatic N) is 2. The number of furan rings is 1. The maximum absolute atomic E-state index is 11.0. The molecule has 19 heavy (non-hydrogen) atoms. The second kappa shape index (κ2) is 5.23. The zero-order chi connectivity index (χ0) is 13.8. The van der Waals surface area contributed by atoms with Crippen LogP contribution in [0.15, 0.2) is 34.7 Å². The molecule has 0 radical (unpaired) electrons. The predicted molar refractivity (Wildman–Crippen MR) is 66.7 cm³/mol. The van der Waals surface area contributed by atoms with Crippen molar-refractivity contribution in [1.82, 2.24) is 0 Å². The Balaban J connectivity index is 2.46. The molecule has 0 saturated heterocycles. The van der Waals surface area contributed by atoms with Crippen LogP contribution < -0.4 is 4.74 Å². The van der Waals surface area contributed by atoms with Crippen molar-refractivity contribution in [3.05, 3.63) is 46.2 Å². The molecule has 6 nitrogen and oxygen atoms in total. The fourth-order valence-corrected chi connectivity index (χ4v) is 1.64. The molecule has 0 fully saturated rings. The lowest BCUT2D eigenvalue weighted by Crippen LogP contribution is -1.97. The molecule has 2 aromatic rings. The van der Waals surface area contributed by atoms with Gasteiger partial charge in [0.15, 0.2) is 5.75 Å². The molecule has 0 amide bonds. The van der Waals surface area contributed by atoms with Crippen molar-refractivity contribution < 1.29 is 14.1 Å². The van der Waals surface area contributed by atoms with Gasteiger partial charge >= 0.3 is 5.69 Å². The smallest absolute Gasteiger partial charge is 0.311 e. The van der Waals surface area contributed by atoms with Gasteiger partial charge in [-0.1, -0.05) is 0 Å². The molecule has 2 rings (SSSR count). The first-order valence-corrected chi connectivity index (χ1v) is 5.57. The van der Waals surface area contributed by atoms with Crippen LogP contribution in [0.25, 0.3) is 11.3 Å². The monoisotopic (exact) mass is 258 g/mol. The number of benzene rings is 1. The fourth-order valence-electron chi connectivity index (χ4n) is 1.64. The lowest BCUT2D eigenvalue weighted by Gasteiger charge is -2.05. The van der Waals surface area contributed by atoms with Crippen molar-refractivity contribution in [2.45, 2.75) is 6.92 Å². The molecule has 1 heterocycles. The van der Waals surface area contributed by atoms with Gasteiger partial charge in [0.05, 0.1) is 11.5 Å². The first-order chi connectivity index (χ1) is 9.15. The Morgan fingerprint density at radius 1 is 1.42 bits per heavy atom. The minimum absolute atomic E-state index is 0.130. The van der Waals surface area contributed by atoms with Crippen LogP contribution in [-0.4, -0.2) is 11.5 Å². The number of ether oxygens (including phenoxy) is 1. The lowest BCUT2D eigenvalue weighted by molar-refractivity contribution is -0.385. The van der Waals surface area contributed by atoms with E-state index in [2.05, 4.69) is 0 Å². The maximum atomic E-state index is 11.0. The van der Waals surface area contributed by atoms with Gasteiger partial charge in [-0.25, -0.2) is 0 Å². The van der Waals surface area contributed by atoms with Gasteiger partial charge in [0, 0.05) is 11.6 Å². The van der Waals surface area contributed by atoms with Gasteiger partial charge in [-0.15, -0.1) is 0 Å². The Kier molecular flexibility index (Phi) is 3.48. The van der Waals surface area contributed by atoms with Gasteiger partial charge in [-0.2, -0.15) is 5.26 Å². The fraction of sp³-hybridized carbons (Fsp3) is 0.154. The number of rotatable bonds is 4. The number of hydrogen-bond donors (Lipinski definition) is 0. The normalized spacial score (nSPS) is 9.89. The lowest BCUT2D eigenvalue weighted by atomic mass is 10.1. The molecule has 0 aliphatic heterocycles. The van der Waals surface area contributed by atoms with Crippen LogP contribution >= 0.6 is 0 Å². The van der Waals surface area contributed by atoms with E-state index in [0.717, 1.165) is 0 Å². The summed E-state index contributed by atoms with van der Waals surface area (Å²) in [5, 5.41) is 19.7. The molecule has 96 valence electrons. The van der Waals surface area contributed by atoms with Crippen LogP contribution in [0.2, 0.25) is 0 Å². The van der Waals surface area contributed by atoms with Gasteiger partial charge in [0.2, 0.25) is 5.76 Å². The van der Waals surface area contributed by atoms with E-state index in [4.69, 9.17) is 14.4 Å². The van der Waals surface area contributed by atoms with Gasteiger partial charge in [0.25, 0.3) is 0 Å². The number of nitriles is 1. The summed E-state index contributed by atoms with van der Waals surface area (Å²) >= 11 is 0. The second-order valence-corrected chi connectivity index (χ2v) is 3.65. The SMILES string of the molecule is CCOc1ccc(-c2ccc(C#N)o2)cc1[N+](=O)[O-]. The summed E-state index contributed by atoms with van der Waals surface area (Å²) in [6.07, 6.45) is 0. The van der Waals surface area contributed by atoms with Crippen molar-refractivity contribution in [3.63, 3.8) is 0 Å². The molecule has 0 atom stereocenters. The molecule has 6 heteroatoms. The highest BCUT2D eigenvalue weighted by molar-refractivity contribution is 5.65. The first kappa shape index (κ1) is 12.6. The van der Waals surface area contributed by atoms with Crippen LogP contribution in [0.3, 0.4) is 0 Å². The van der Waals surface area contributed by atoms with Crippen molar-refractivity contribution in [1.29, 1.82) is 5.26 Å². The van der Waals surface area contributed by atoms with Crippen molar-refractivity contribution >= 4 is 5.69 Å². The van der Waals surface area contributed by atoms with Crippen LogP contribution in [0.1, 0.15) is 12.7 Å². The minimum Gasteiger partial charge on any atom is -0.487 e. The average Bonchev–Trinajstić information content (AvgIpc) is 2.88. The summed E-state index contributed by atoms with van der Waals surface area (Å²) in [4.78, 5) is 10.5. The molecular weight excluding hydrogens is 248 g/mol. The van der Waals surface area contributed by atoms with Crippen molar-refractivity contribution in [2.24, 2.45) is 0 Å². The standard InChI is InChI=1S/C13H10N2O4/c1-2-18-13-5-3-9(7-11(13)15(16)17)12-6-4-10(8-14)19-12/h3-7H,2H2,1H3. The zero-order valence-electron chi connectivity index (χ0n) is 10.1. The van der Waals surface area contributed by atoms with Crippen LogP contribution in [-0.2, 0) is 0 Å². The number of nitro benzene ring substituents is 1. The predicted octanol–water partition coefficient (Wildman–Crippen LogP) is 3.13. The van der Waals surface area contributed by atoms with Crippen LogP contribution in [0.5, 0.6) is 5.75 Å². The highest BCUT2D eigenvalue weighted by Crippen LogP contribution is 2.33. The number of nitro groups is 1. The Hall–Kier alpha value is -2.81. The Bertz CT molecular complexity index is 655. The van der Waals surface area contributed by atoms with Gasteiger partial charge in [-0.05, 0) is 31.2 Å². The molecule has 0 aliphatic rings. The minimum atomic E-state index is -0.511. The van der Waals surface area contributed by atoms with Crippen molar-refractivity contribution in [3.8, 4) is 23.1 Å². The molecule has 0 unspecified atom stereocenters. The van der Waals surface area contributed by atoms with E-state index in [1.807, 2.05) is 6.07 Å². The third kappa shape index (κ3) is 2.55. The van der Waals surface area contributed by atoms with E-state index in [9.17, 15) is 10.1 Å².